The highest BCUT2D eigenvalue weighted by molar-refractivity contribution is 5.76. The number of benzene rings is 1. The average molecular weight is 428 g/mol. The van der Waals surface area contributed by atoms with Gasteiger partial charge in [0.05, 0.1) is 6.10 Å². The Morgan fingerprint density at radius 1 is 1.06 bits per heavy atom. The van der Waals surface area contributed by atoms with E-state index in [1.807, 2.05) is 0 Å². The van der Waals surface area contributed by atoms with Gasteiger partial charge in [-0.3, -0.25) is 4.79 Å². The van der Waals surface area contributed by atoms with E-state index >= 15 is 0 Å². The second-order valence-electron chi connectivity index (χ2n) is 10.0. The highest BCUT2D eigenvalue weighted by atomic mass is 16.5. The lowest BCUT2D eigenvalue weighted by Gasteiger charge is -2.38. The average Bonchev–Trinajstić information content (AvgIpc) is 2.82. The lowest BCUT2D eigenvalue weighted by Crippen LogP contribution is -2.42. The van der Waals surface area contributed by atoms with E-state index in [2.05, 4.69) is 49.1 Å². The molecule has 1 aromatic carbocycles. The van der Waals surface area contributed by atoms with Gasteiger partial charge in [0.15, 0.2) is 0 Å². The van der Waals surface area contributed by atoms with Gasteiger partial charge in [0.25, 0.3) is 0 Å². The van der Waals surface area contributed by atoms with Crippen LogP contribution in [-0.2, 0) is 9.53 Å². The van der Waals surface area contributed by atoms with Gasteiger partial charge in [0.1, 0.15) is 0 Å². The van der Waals surface area contributed by atoms with Crippen LogP contribution in [0.3, 0.4) is 0 Å². The minimum absolute atomic E-state index is 0.104. The zero-order valence-electron chi connectivity index (χ0n) is 20.1. The first-order valence-corrected chi connectivity index (χ1v) is 13.2. The van der Waals surface area contributed by atoms with Crippen molar-refractivity contribution < 1.29 is 9.53 Å². The lowest BCUT2D eigenvalue weighted by molar-refractivity contribution is -0.135. The zero-order valence-corrected chi connectivity index (χ0v) is 20.1. The van der Waals surface area contributed by atoms with Crippen LogP contribution in [0.2, 0.25) is 0 Å². The number of rotatable bonds is 11. The standard InChI is InChI=1S/C28H45NO2/c1-3-5-19-31-28(25-15-10-7-11-16-25)26-17-12-18-29(22-26)27(30)21-23(4-2)20-24-13-8-6-9-14-24/h7,10-11,15-16,23-24,26,28H,3-6,8-9,12-14,17-22H2,1-2H3/t23-,26-,28+/m1/s1. The van der Waals surface area contributed by atoms with Crippen molar-refractivity contribution in [2.45, 2.75) is 97.0 Å². The molecule has 2 aliphatic rings. The van der Waals surface area contributed by atoms with Gasteiger partial charge in [-0.05, 0) is 43.1 Å². The van der Waals surface area contributed by atoms with Crippen LogP contribution >= 0.6 is 0 Å². The topological polar surface area (TPSA) is 29.5 Å². The van der Waals surface area contributed by atoms with Gasteiger partial charge in [-0.1, -0.05) is 89.1 Å². The predicted molar refractivity (Wildman–Crippen MR) is 129 cm³/mol. The molecular weight excluding hydrogens is 382 g/mol. The number of ether oxygens (including phenoxy) is 1. The highest BCUT2D eigenvalue weighted by Gasteiger charge is 2.32. The van der Waals surface area contributed by atoms with Crippen LogP contribution in [0.1, 0.15) is 103 Å². The van der Waals surface area contributed by atoms with E-state index < -0.39 is 0 Å². The maximum atomic E-state index is 13.3. The fourth-order valence-corrected chi connectivity index (χ4v) is 5.65. The fraction of sp³-hybridized carbons (Fsp3) is 0.750. The Morgan fingerprint density at radius 2 is 1.84 bits per heavy atom. The van der Waals surface area contributed by atoms with Crippen molar-refractivity contribution >= 4 is 5.91 Å². The number of hydrogen-bond donors (Lipinski definition) is 0. The summed E-state index contributed by atoms with van der Waals surface area (Å²) in [5, 5.41) is 0. The van der Waals surface area contributed by atoms with E-state index in [-0.39, 0.29) is 6.10 Å². The minimum Gasteiger partial charge on any atom is -0.373 e. The van der Waals surface area contributed by atoms with Gasteiger partial charge in [0, 0.05) is 32.0 Å². The van der Waals surface area contributed by atoms with Crippen LogP contribution in [0, 0.1) is 17.8 Å². The molecule has 0 aromatic heterocycles. The largest absolute Gasteiger partial charge is 0.373 e. The summed E-state index contributed by atoms with van der Waals surface area (Å²) < 4.78 is 6.40. The van der Waals surface area contributed by atoms with Crippen LogP contribution < -0.4 is 0 Å². The summed E-state index contributed by atoms with van der Waals surface area (Å²) in [6.07, 6.45) is 14.7. The Morgan fingerprint density at radius 3 is 2.55 bits per heavy atom. The molecule has 1 heterocycles. The SMILES string of the molecule is CCCCO[C@@H](c1ccccc1)[C@@H]1CCCN(C(=O)C[C@H](CC)CC2CCCCC2)C1. The van der Waals surface area contributed by atoms with Gasteiger partial charge in [-0.25, -0.2) is 0 Å². The van der Waals surface area contributed by atoms with Crippen molar-refractivity contribution in [3.05, 3.63) is 35.9 Å². The monoisotopic (exact) mass is 427 g/mol. The van der Waals surface area contributed by atoms with Crippen LogP contribution in [0.25, 0.3) is 0 Å². The van der Waals surface area contributed by atoms with Crippen molar-refractivity contribution in [1.29, 1.82) is 0 Å². The first kappa shape index (κ1) is 24.3. The van der Waals surface area contributed by atoms with Crippen molar-refractivity contribution in [3.63, 3.8) is 0 Å². The molecule has 1 amide bonds. The fourth-order valence-electron chi connectivity index (χ4n) is 5.65. The summed E-state index contributed by atoms with van der Waals surface area (Å²) in [5.41, 5.74) is 1.27. The molecule has 0 unspecified atom stereocenters. The molecular formula is C28H45NO2. The number of carbonyl (C=O) groups excluding carboxylic acids is 1. The second kappa shape index (κ2) is 13.3. The van der Waals surface area contributed by atoms with E-state index in [0.29, 0.717) is 17.7 Å². The highest BCUT2D eigenvalue weighted by Crippen LogP contribution is 2.35. The van der Waals surface area contributed by atoms with Gasteiger partial charge < -0.3 is 9.64 Å². The molecule has 2 fully saturated rings. The normalized spacial score (nSPS) is 22.3. The Balaban J connectivity index is 1.58. The Labute approximate surface area is 190 Å². The third kappa shape index (κ3) is 7.63. The van der Waals surface area contributed by atoms with Crippen molar-refractivity contribution in [2.75, 3.05) is 19.7 Å². The van der Waals surface area contributed by atoms with Gasteiger partial charge >= 0.3 is 0 Å². The Kier molecular flexibility index (Phi) is 10.4. The zero-order chi connectivity index (χ0) is 21.9. The molecule has 1 aliphatic heterocycles. The summed E-state index contributed by atoms with van der Waals surface area (Å²) in [6.45, 7) is 7.06. The van der Waals surface area contributed by atoms with Gasteiger partial charge in [-0.15, -0.1) is 0 Å². The van der Waals surface area contributed by atoms with E-state index in [9.17, 15) is 4.79 Å². The van der Waals surface area contributed by atoms with Crippen molar-refractivity contribution in [2.24, 2.45) is 17.8 Å². The predicted octanol–water partition coefficient (Wildman–Crippen LogP) is 7.17. The Hall–Kier alpha value is -1.35. The number of piperidine rings is 1. The maximum Gasteiger partial charge on any atom is 0.222 e. The summed E-state index contributed by atoms with van der Waals surface area (Å²) in [6, 6.07) is 10.7. The third-order valence-corrected chi connectivity index (χ3v) is 7.59. The molecule has 3 heteroatoms. The molecule has 0 N–H and O–H groups in total. The summed E-state index contributed by atoms with van der Waals surface area (Å²) in [5.74, 6) is 2.19. The molecule has 0 bridgehead atoms. The molecule has 3 rings (SSSR count). The number of carbonyl (C=O) groups is 1. The number of likely N-dealkylation sites (tertiary alicyclic amines) is 1. The molecule has 0 spiro atoms. The van der Waals surface area contributed by atoms with Crippen molar-refractivity contribution in [3.8, 4) is 0 Å². The molecule has 1 saturated heterocycles. The third-order valence-electron chi connectivity index (χ3n) is 7.59. The minimum atomic E-state index is 0.104. The Bertz CT molecular complexity index is 625. The van der Waals surface area contributed by atoms with E-state index in [4.69, 9.17) is 4.74 Å². The summed E-state index contributed by atoms with van der Waals surface area (Å²) >= 11 is 0. The number of nitrogens with zero attached hydrogens (tertiary/aromatic N) is 1. The number of amides is 1. The first-order chi connectivity index (χ1) is 15.2. The molecule has 3 atom stereocenters. The summed E-state index contributed by atoms with van der Waals surface area (Å²) in [7, 11) is 0. The van der Waals surface area contributed by atoms with Gasteiger partial charge in [-0.2, -0.15) is 0 Å². The smallest absolute Gasteiger partial charge is 0.222 e. The van der Waals surface area contributed by atoms with E-state index in [0.717, 1.165) is 64.1 Å². The van der Waals surface area contributed by atoms with Crippen LogP contribution in [0.4, 0.5) is 0 Å². The van der Waals surface area contributed by atoms with Crippen LogP contribution in [-0.4, -0.2) is 30.5 Å². The van der Waals surface area contributed by atoms with E-state index in [1.54, 1.807) is 0 Å². The number of unbranched alkanes of at least 4 members (excludes halogenated alkanes) is 1. The second-order valence-corrected chi connectivity index (χ2v) is 10.0. The molecule has 31 heavy (non-hydrogen) atoms. The molecule has 1 saturated carbocycles. The molecule has 3 nitrogen and oxygen atoms in total. The quantitative estimate of drug-likeness (QED) is 0.350. The molecule has 1 aliphatic carbocycles. The summed E-state index contributed by atoms with van der Waals surface area (Å²) in [4.78, 5) is 15.4. The van der Waals surface area contributed by atoms with Crippen LogP contribution in [0.15, 0.2) is 30.3 Å². The first-order valence-electron chi connectivity index (χ1n) is 13.2. The van der Waals surface area contributed by atoms with Gasteiger partial charge in [0.2, 0.25) is 5.91 Å². The lowest BCUT2D eigenvalue weighted by atomic mass is 9.80. The number of hydrogen-bond acceptors (Lipinski definition) is 2. The molecule has 1 aromatic rings. The van der Waals surface area contributed by atoms with Crippen LogP contribution in [0.5, 0.6) is 0 Å². The van der Waals surface area contributed by atoms with Crippen molar-refractivity contribution in [1.82, 2.24) is 4.90 Å². The maximum absolute atomic E-state index is 13.3. The molecule has 174 valence electrons. The molecule has 0 radical (unpaired) electrons. The van der Waals surface area contributed by atoms with E-state index in [1.165, 1.54) is 44.1 Å².